The van der Waals surface area contributed by atoms with E-state index < -0.39 is 0 Å². The van der Waals surface area contributed by atoms with Gasteiger partial charge in [0.15, 0.2) is 5.16 Å². The fourth-order valence-electron chi connectivity index (χ4n) is 1.78. The topological polar surface area (TPSA) is 95.9 Å². The molecule has 2 N–H and O–H groups in total. The van der Waals surface area contributed by atoms with Crippen LogP contribution in [-0.4, -0.2) is 28.2 Å². The predicted octanol–water partition coefficient (Wildman–Crippen LogP) is 2.07. The molecule has 0 aliphatic carbocycles. The van der Waals surface area contributed by atoms with Crippen molar-refractivity contribution in [3.05, 3.63) is 42.1 Å². The number of aromatic nitrogens is 2. The van der Waals surface area contributed by atoms with Gasteiger partial charge in [0.25, 0.3) is 0 Å². The van der Waals surface area contributed by atoms with Crippen molar-refractivity contribution in [2.45, 2.75) is 17.3 Å². The molecule has 1 aromatic carbocycles. The summed E-state index contributed by atoms with van der Waals surface area (Å²) < 4.78 is 0. The quantitative estimate of drug-likeness (QED) is 0.685. The number of para-hydroxylation sites is 1. The normalized spacial score (nSPS) is 11.5. The molecule has 7 heteroatoms. The smallest absolute Gasteiger partial charge is 0.240 e. The Bertz CT molecular complexity index is 714. The molecular weight excluding hydrogens is 298 g/mol. The van der Waals surface area contributed by atoms with E-state index in [-0.39, 0.29) is 22.5 Å². The highest BCUT2D eigenvalue weighted by atomic mass is 32.2. The third-order valence-electron chi connectivity index (χ3n) is 3.02. The van der Waals surface area contributed by atoms with Crippen LogP contribution in [0.15, 0.2) is 41.7 Å². The van der Waals surface area contributed by atoms with Crippen molar-refractivity contribution in [3.8, 4) is 6.07 Å². The zero-order valence-corrected chi connectivity index (χ0v) is 13.0. The van der Waals surface area contributed by atoms with Gasteiger partial charge < -0.3 is 10.6 Å². The van der Waals surface area contributed by atoms with Crippen LogP contribution in [-0.2, 0) is 4.79 Å². The molecule has 0 radical (unpaired) electrons. The summed E-state index contributed by atoms with van der Waals surface area (Å²) in [5.41, 5.74) is 6.70. The summed E-state index contributed by atoms with van der Waals surface area (Å²) in [7, 11) is 1.72. The number of hydrogen-bond donors (Lipinski definition) is 1. The van der Waals surface area contributed by atoms with Crippen molar-refractivity contribution in [1.29, 1.82) is 5.26 Å². The zero-order chi connectivity index (χ0) is 16.1. The Balaban J connectivity index is 2.09. The number of anilines is 2. The minimum absolute atomic E-state index is 0.0669. The lowest BCUT2D eigenvalue weighted by Crippen LogP contribution is -2.33. The highest BCUT2D eigenvalue weighted by Gasteiger charge is 2.21. The van der Waals surface area contributed by atoms with Gasteiger partial charge in [-0.1, -0.05) is 30.0 Å². The van der Waals surface area contributed by atoms with Gasteiger partial charge in [0, 0.05) is 12.7 Å². The van der Waals surface area contributed by atoms with Crippen LogP contribution in [0.25, 0.3) is 0 Å². The van der Waals surface area contributed by atoms with E-state index in [4.69, 9.17) is 11.0 Å². The molecular formula is C15H15N5OS. The first kappa shape index (κ1) is 15.8. The second-order valence-corrected chi connectivity index (χ2v) is 5.86. The number of nitrogen functional groups attached to an aromatic ring is 1. The molecule has 0 spiro atoms. The number of benzene rings is 1. The Morgan fingerprint density at radius 1 is 1.41 bits per heavy atom. The van der Waals surface area contributed by atoms with Crippen molar-refractivity contribution in [2.75, 3.05) is 17.7 Å². The molecule has 0 unspecified atom stereocenters. The molecule has 0 bridgehead atoms. The van der Waals surface area contributed by atoms with E-state index >= 15 is 0 Å². The Morgan fingerprint density at radius 3 is 2.68 bits per heavy atom. The highest BCUT2D eigenvalue weighted by Crippen LogP contribution is 2.24. The predicted molar refractivity (Wildman–Crippen MR) is 86.3 cm³/mol. The summed E-state index contributed by atoms with van der Waals surface area (Å²) in [6.45, 7) is 1.78. The summed E-state index contributed by atoms with van der Waals surface area (Å²) in [5.74, 6) is 0.0544. The van der Waals surface area contributed by atoms with E-state index in [0.29, 0.717) is 5.16 Å². The van der Waals surface area contributed by atoms with Gasteiger partial charge in [0.1, 0.15) is 17.5 Å². The molecule has 2 rings (SSSR count). The fourth-order valence-corrected chi connectivity index (χ4v) is 2.62. The number of thioether (sulfide) groups is 1. The monoisotopic (exact) mass is 313 g/mol. The van der Waals surface area contributed by atoms with Crippen molar-refractivity contribution in [3.63, 3.8) is 0 Å². The SMILES string of the molecule is C[C@H](Sc1ncc(C#N)c(N)n1)C(=O)N(C)c1ccccc1. The standard InChI is InChI=1S/C15H15N5OS/c1-10(14(21)20(2)12-6-4-3-5-7-12)22-15-18-9-11(8-16)13(17)19-15/h3-7,9-10H,1-2H3,(H2,17,18,19)/t10-/m0/s1. The summed E-state index contributed by atoms with van der Waals surface area (Å²) in [6, 6.07) is 11.3. The summed E-state index contributed by atoms with van der Waals surface area (Å²) in [6.07, 6.45) is 1.36. The molecule has 22 heavy (non-hydrogen) atoms. The Kier molecular flexibility index (Phi) is 4.96. The van der Waals surface area contributed by atoms with E-state index in [1.807, 2.05) is 36.4 Å². The molecule has 1 heterocycles. The largest absolute Gasteiger partial charge is 0.382 e. The molecule has 0 aliphatic heterocycles. The number of rotatable bonds is 4. The van der Waals surface area contributed by atoms with Gasteiger partial charge in [0.2, 0.25) is 5.91 Å². The van der Waals surface area contributed by atoms with E-state index in [1.54, 1.807) is 18.9 Å². The van der Waals surface area contributed by atoms with Crippen molar-refractivity contribution >= 4 is 29.2 Å². The average molecular weight is 313 g/mol. The van der Waals surface area contributed by atoms with Crippen LogP contribution in [0.1, 0.15) is 12.5 Å². The van der Waals surface area contributed by atoms with E-state index in [0.717, 1.165) is 5.69 Å². The molecule has 112 valence electrons. The third kappa shape index (κ3) is 3.54. The second-order valence-electron chi connectivity index (χ2n) is 4.56. The third-order valence-corrected chi connectivity index (χ3v) is 3.98. The molecule has 0 saturated carbocycles. The molecule has 6 nitrogen and oxygen atoms in total. The van der Waals surface area contributed by atoms with Crippen molar-refractivity contribution in [2.24, 2.45) is 0 Å². The highest BCUT2D eigenvalue weighted by molar-refractivity contribution is 8.00. The summed E-state index contributed by atoms with van der Waals surface area (Å²) >= 11 is 1.21. The Morgan fingerprint density at radius 2 is 2.09 bits per heavy atom. The lowest BCUT2D eigenvalue weighted by atomic mass is 10.3. The second kappa shape index (κ2) is 6.91. The summed E-state index contributed by atoms with van der Waals surface area (Å²) in [4.78, 5) is 22.1. The maximum absolute atomic E-state index is 12.4. The van der Waals surface area contributed by atoms with E-state index in [1.165, 1.54) is 18.0 Å². The van der Waals surface area contributed by atoms with Crippen LogP contribution in [0.3, 0.4) is 0 Å². The van der Waals surface area contributed by atoms with Crippen LogP contribution in [0, 0.1) is 11.3 Å². The average Bonchev–Trinajstić information content (AvgIpc) is 2.54. The summed E-state index contributed by atoms with van der Waals surface area (Å²) in [5, 5.41) is 8.80. The van der Waals surface area contributed by atoms with E-state index in [9.17, 15) is 4.79 Å². The lowest BCUT2D eigenvalue weighted by Gasteiger charge is -2.20. The number of amides is 1. The zero-order valence-electron chi connectivity index (χ0n) is 12.2. The maximum Gasteiger partial charge on any atom is 0.240 e. The van der Waals surface area contributed by atoms with Crippen LogP contribution in [0.5, 0.6) is 0 Å². The molecule has 1 atom stereocenters. The Labute approximate surface area is 133 Å². The number of nitrogens with zero attached hydrogens (tertiary/aromatic N) is 4. The fraction of sp³-hybridized carbons (Fsp3) is 0.200. The molecule has 0 fully saturated rings. The Hall–Kier alpha value is -2.59. The molecule has 2 aromatic rings. The number of carbonyl (C=O) groups excluding carboxylic acids is 1. The molecule has 0 aliphatic rings. The molecule has 1 amide bonds. The first-order chi connectivity index (χ1) is 10.5. The van der Waals surface area contributed by atoms with Gasteiger partial charge in [-0.05, 0) is 19.1 Å². The van der Waals surface area contributed by atoms with Crippen LogP contribution >= 0.6 is 11.8 Å². The van der Waals surface area contributed by atoms with Gasteiger partial charge in [-0.2, -0.15) is 5.26 Å². The first-order valence-electron chi connectivity index (χ1n) is 6.55. The number of carbonyl (C=O) groups is 1. The van der Waals surface area contributed by atoms with Gasteiger partial charge in [-0.15, -0.1) is 0 Å². The lowest BCUT2D eigenvalue weighted by molar-refractivity contribution is -0.117. The van der Waals surface area contributed by atoms with Crippen molar-refractivity contribution in [1.82, 2.24) is 9.97 Å². The number of nitriles is 1. The maximum atomic E-state index is 12.4. The van der Waals surface area contributed by atoms with Crippen LogP contribution in [0.2, 0.25) is 0 Å². The number of hydrogen-bond acceptors (Lipinski definition) is 6. The van der Waals surface area contributed by atoms with Gasteiger partial charge in [0.05, 0.1) is 11.4 Å². The van der Waals surface area contributed by atoms with Gasteiger partial charge in [-0.25, -0.2) is 9.97 Å². The number of nitrogens with two attached hydrogens (primary N) is 1. The van der Waals surface area contributed by atoms with Crippen LogP contribution < -0.4 is 10.6 Å². The van der Waals surface area contributed by atoms with Crippen molar-refractivity contribution < 1.29 is 4.79 Å². The van der Waals surface area contributed by atoms with Gasteiger partial charge >= 0.3 is 0 Å². The first-order valence-corrected chi connectivity index (χ1v) is 7.42. The van der Waals surface area contributed by atoms with Gasteiger partial charge in [-0.3, -0.25) is 4.79 Å². The van der Waals surface area contributed by atoms with E-state index in [2.05, 4.69) is 9.97 Å². The minimum Gasteiger partial charge on any atom is -0.382 e. The van der Waals surface area contributed by atoms with Crippen LogP contribution in [0.4, 0.5) is 11.5 Å². The molecule has 0 saturated heterocycles. The minimum atomic E-state index is -0.377. The molecule has 1 aromatic heterocycles.